The van der Waals surface area contributed by atoms with Gasteiger partial charge >= 0.3 is 6.36 Å². The molecule has 0 unspecified atom stereocenters. The van der Waals surface area contributed by atoms with Crippen molar-refractivity contribution in [2.24, 2.45) is 0 Å². The maximum atomic E-state index is 12.5. The van der Waals surface area contributed by atoms with Crippen LogP contribution in [0.1, 0.15) is 21.7 Å². The third-order valence-corrected chi connectivity index (χ3v) is 4.30. The topological polar surface area (TPSA) is 74.6 Å². The molecule has 0 radical (unpaired) electrons. The van der Waals surface area contributed by atoms with Gasteiger partial charge in [-0.3, -0.25) is 9.48 Å². The molecule has 0 bridgehead atoms. The van der Waals surface area contributed by atoms with Crippen molar-refractivity contribution >= 4 is 11.6 Å². The molecule has 2 aromatic carbocycles. The number of hydrogen-bond acceptors (Lipinski definition) is 5. The first-order valence-electron chi connectivity index (χ1n) is 9.10. The van der Waals surface area contributed by atoms with E-state index < -0.39 is 12.3 Å². The van der Waals surface area contributed by atoms with Crippen LogP contribution in [0.2, 0.25) is 0 Å². The fraction of sp³-hybridized carbons (Fsp3) is 0.238. The summed E-state index contributed by atoms with van der Waals surface area (Å²) in [6.07, 6.45) is -4.78. The Balaban J connectivity index is 1.71. The molecular weight excluding hydrogens is 415 g/mol. The number of carbonyl (C=O) groups is 1. The number of nitrogens with one attached hydrogen (secondary N) is 1. The molecule has 3 aromatic rings. The number of carbonyl (C=O) groups excluding carboxylic acids is 1. The minimum Gasteiger partial charge on any atom is -0.497 e. The maximum absolute atomic E-state index is 12.5. The summed E-state index contributed by atoms with van der Waals surface area (Å²) in [7, 11) is 3.11. The molecule has 1 aromatic heterocycles. The molecule has 10 heteroatoms. The Bertz CT molecular complexity index is 1040. The number of ether oxygens (including phenoxy) is 3. The van der Waals surface area contributed by atoms with Gasteiger partial charge in [-0.2, -0.15) is 5.10 Å². The van der Waals surface area contributed by atoms with Crippen LogP contribution in [0.4, 0.5) is 18.9 Å². The van der Waals surface area contributed by atoms with Crippen LogP contribution in [0, 0.1) is 6.92 Å². The predicted octanol–water partition coefficient (Wildman–Crippen LogP) is 4.41. The highest BCUT2D eigenvalue weighted by molar-refractivity contribution is 6.02. The van der Waals surface area contributed by atoms with Crippen LogP contribution in [0.15, 0.2) is 48.5 Å². The van der Waals surface area contributed by atoms with E-state index in [-0.39, 0.29) is 11.4 Å². The molecule has 0 aliphatic carbocycles. The average molecular weight is 435 g/mol. The molecule has 0 saturated heterocycles. The van der Waals surface area contributed by atoms with Crippen LogP contribution in [0.5, 0.6) is 17.2 Å². The quantitative estimate of drug-likeness (QED) is 0.595. The first-order chi connectivity index (χ1) is 14.7. The molecule has 0 atom stereocenters. The number of nitrogens with zero attached hydrogens (tertiary/aromatic N) is 2. The third kappa shape index (κ3) is 5.91. The SMILES string of the molecule is COc1cc(Cn2nc(C(=O)Nc3ccc(OC(F)(F)F)cc3)cc2C)cc(OC)c1. The van der Waals surface area contributed by atoms with Crippen molar-refractivity contribution in [3.05, 3.63) is 65.5 Å². The summed E-state index contributed by atoms with van der Waals surface area (Å²) in [5.74, 6) is 0.402. The Hall–Kier alpha value is -3.69. The Kier molecular flexibility index (Phi) is 6.38. The highest BCUT2D eigenvalue weighted by Crippen LogP contribution is 2.25. The molecule has 0 spiro atoms. The molecule has 1 heterocycles. The minimum absolute atomic E-state index is 0.169. The van der Waals surface area contributed by atoms with E-state index in [1.165, 1.54) is 12.1 Å². The van der Waals surface area contributed by atoms with Crippen LogP contribution in [0.25, 0.3) is 0 Å². The Morgan fingerprint density at radius 2 is 1.61 bits per heavy atom. The van der Waals surface area contributed by atoms with E-state index >= 15 is 0 Å². The number of halogens is 3. The van der Waals surface area contributed by atoms with E-state index in [0.717, 1.165) is 23.4 Å². The number of methoxy groups -OCH3 is 2. The lowest BCUT2D eigenvalue weighted by Gasteiger charge is -2.10. The molecule has 0 fully saturated rings. The second-order valence-electron chi connectivity index (χ2n) is 6.58. The monoisotopic (exact) mass is 435 g/mol. The van der Waals surface area contributed by atoms with Gasteiger partial charge in [0, 0.05) is 17.4 Å². The third-order valence-electron chi connectivity index (χ3n) is 4.30. The zero-order valence-electron chi connectivity index (χ0n) is 17.0. The van der Waals surface area contributed by atoms with Gasteiger partial charge in [0.1, 0.15) is 17.2 Å². The standard InChI is InChI=1S/C21H20F3N3O4/c1-13-8-19(20(28)25-15-4-6-16(7-5-15)31-21(22,23)24)26-27(13)12-14-9-17(29-2)11-18(10-14)30-3/h4-11H,12H2,1-3H3,(H,25,28). The van der Waals surface area contributed by atoms with Gasteiger partial charge in [-0.05, 0) is 55.0 Å². The van der Waals surface area contributed by atoms with Gasteiger partial charge in [-0.25, -0.2) is 0 Å². The Morgan fingerprint density at radius 3 is 2.16 bits per heavy atom. The van der Waals surface area contributed by atoms with Crippen molar-refractivity contribution in [2.45, 2.75) is 19.8 Å². The highest BCUT2D eigenvalue weighted by Gasteiger charge is 2.31. The Labute approximate surface area is 176 Å². The highest BCUT2D eigenvalue weighted by atomic mass is 19.4. The summed E-state index contributed by atoms with van der Waals surface area (Å²) in [5, 5.41) is 6.93. The van der Waals surface area contributed by atoms with Crippen LogP contribution in [-0.2, 0) is 6.54 Å². The zero-order chi connectivity index (χ0) is 22.6. The molecule has 0 aliphatic rings. The minimum atomic E-state index is -4.78. The number of aryl methyl sites for hydroxylation is 1. The second kappa shape index (κ2) is 8.99. The summed E-state index contributed by atoms with van der Waals surface area (Å²) in [4.78, 5) is 12.5. The summed E-state index contributed by atoms with van der Waals surface area (Å²) in [6, 6.07) is 11.9. The van der Waals surface area contributed by atoms with E-state index in [1.54, 1.807) is 31.0 Å². The summed E-state index contributed by atoms with van der Waals surface area (Å²) in [5.41, 5.74) is 2.10. The number of benzene rings is 2. The smallest absolute Gasteiger partial charge is 0.497 e. The largest absolute Gasteiger partial charge is 0.573 e. The van der Waals surface area contributed by atoms with Crippen molar-refractivity contribution in [1.29, 1.82) is 0 Å². The maximum Gasteiger partial charge on any atom is 0.573 e. The van der Waals surface area contributed by atoms with Crippen molar-refractivity contribution in [2.75, 3.05) is 19.5 Å². The van der Waals surface area contributed by atoms with E-state index in [9.17, 15) is 18.0 Å². The van der Waals surface area contributed by atoms with Crippen LogP contribution < -0.4 is 19.5 Å². The fourth-order valence-electron chi connectivity index (χ4n) is 2.85. The molecule has 3 rings (SSSR count). The predicted molar refractivity (Wildman–Crippen MR) is 107 cm³/mol. The van der Waals surface area contributed by atoms with Crippen molar-refractivity contribution in [1.82, 2.24) is 9.78 Å². The molecule has 164 valence electrons. The lowest BCUT2D eigenvalue weighted by molar-refractivity contribution is -0.274. The van der Waals surface area contributed by atoms with Gasteiger partial charge in [0.15, 0.2) is 5.69 Å². The zero-order valence-corrected chi connectivity index (χ0v) is 17.0. The van der Waals surface area contributed by atoms with Crippen molar-refractivity contribution < 1.29 is 32.2 Å². The van der Waals surface area contributed by atoms with Crippen LogP contribution in [0.3, 0.4) is 0 Å². The number of alkyl halides is 3. The average Bonchev–Trinajstić information content (AvgIpc) is 3.08. The first kappa shape index (κ1) is 22.0. The summed E-state index contributed by atoms with van der Waals surface area (Å²) < 4.78 is 52.7. The van der Waals surface area contributed by atoms with Gasteiger partial charge in [0.05, 0.1) is 20.8 Å². The molecular formula is C21H20F3N3O4. The molecule has 1 amide bonds. The van der Waals surface area contributed by atoms with E-state index in [4.69, 9.17) is 9.47 Å². The number of aromatic nitrogens is 2. The molecule has 1 N–H and O–H groups in total. The van der Waals surface area contributed by atoms with Gasteiger partial charge in [0.25, 0.3) is 5.91 Å². The number of rotatable bonds is 7. The van der Waals surface area contributed by atoms with Gasteiger partial charge in [0.2, 0.25) is 0 Å². The molecule has 0 saturated carbocycles. The van der Waals surface area contributed by atoms with E-state index in [0.29, 0.717) is 23.7 Å². The second-order valence-corrected chi connectivity index (χ2v) is 6.58. The van der Waals surface area contributed by atoms with Gasteiger partial charge in [-0.15, -0.1) is 13.2 Å². The van der Waals surface area contributed by atoms with E-state index in [1.807, 2.05) is 19.1 Å². The first-order valence-corrected chi connectivity index (χ1v) is 9.10. The Morgan fingerprint density at radius 1 is 1.00 bits per heavy atom. The lowest BCUT2D eigenvalue weighted by Crippen LogP contribution is -2.17. The van der Waals surface area contributed by atoms with Crippen molar-refractivity contribution in [3.63, 3.8) is 0 Å². The van der Waals surface area contributed by atoms with Crippen LogP contribution >= 0.6 is 0 Å². The molecule has 7 nitrogen and oxygen atoms in total. The van der Waals surface area contributed by atoms with E-state index in [2.05, 4.69) is 15.2 Å². The molecule has 0 aliphatic heterocycles. The van der Waals surface area contributed by atoms with Crippen molar-refractivity contribution in [3.8, 4) is 17.2 Å². The van der Waals surface area contributed by atoms with Gasteiger partial charge < -0.3 is 19.5 Å². The van der Waals surface area contributed by atoms with Gasteiger partial charge in [-0.1, -0.05) is 0 Å². The number of hydrogen-bond donors (Lipinski definition) is 1. The fourth-order valence-corrected chi connectivity index (χ4v) is 2.85. The lowest BCUT2D eigenvalue weighted by atomic mass is 10.2. The molecule has 31 heavy (non-hydrogen) atoms. The normalized spacial score (nSPS) is 11.2. The summed E-state index contributed by atoms with van der Waals surface area (Å²) in [6.45, 7) is 2.20. The van der Waals surface area contributed by atoms with Crippen LogP contribution in [-0.4, -0.2) is 36.3 Å². The summed E-state index contributed by atoms with van der Waals surface area (Å²) >= 11 is 0. The number of anilines is 1. The number of amides is 1.